The van der Waals surface area contributed by atoms with Gasteiger partial charge < -0.3 is 9.84 Å². The molecule has 1 atom stereocenters. The average Bonchev–Trinajstić information content (AvgIpc) is 2.34. The molecule has 118 valence electrons. The van der Waals surface area contributed by atoms with Crippen LogP contribution in [0.4, 0.5) is 0 Å². The lowest BCUT2D eigenvalue weighted by Gasteiger charge is -2.19. The monoisotopic (exact) mass is 399 g/mol. The van der Waals surface area contributed by atoms with Gasteiger partial charge in [0.2, 0.25) is 10.0 Å². The Morgan fingerprint density at radius 1 is 1.43 bits per heavy atom. The van der Waals surface area contributed by atoms with Crippen LogP contribution in [0.2, 0.25) is 5.02 Å². The molecule has 0 saturated carbocycles. The van der Waals surface area contributed by atoms with Crippen molar-refractivity contribution in [2.45, 2.75) is 24.8 Å². The van der Waals surface area contributed by atoms with E-state index >= 15 is 0 Å². The Hall–Kier alpha value is -0.830. The molecule has 0 heterocycles. The number of hydrogen-bond acceptors (Lipinski definition) is 4. The molecule has 0 aliphatic heterocycles. The number of rotatable bonds is 6. The molecule has 1 unspecified atom stereocenters. The maximum atomic E-state index is 12.4. The lowest BCUT2D eigenvalue weighted by Crippen LogP contribution is -2.44. The van der Waals surface area contributed by atoms with Gasteiger partial charge in [0, 0.05) is 5.02 Å². The van der Waals surface area contributed by atoms with Gasteiger partial charge in [-0.1, -0.05) is 25.4 Å². The van der Waals surface area contributed by atoms with E-state index in [2.05, 4.69) is 20.7 Å². The third-order valence-corrected chi connectivity index (χ3v) is 4.94. The number of carbonyl (C=O) groups is 1. The van der Waals surface area contributed by atoms with Crippen molar-refractivity contribution >= 4 is 43.5 Å². The average molecular weight is 401 g/mol. The smallest absolute Gasteiger partial charge is 0.322 e. The van der Waals surface area contributed by atoms with Crippen molar-refractivity contribution in [1.82, 2.24) is 4.72 Å². The first-order chi connectivity index (χ1) is 9.60. The first-order valence-corrected chi connectivity index (χ1v) is 8.53. The summed E-state index contributed by atoms with van der Waals surface area (Å²) in [5.41, 5.74) is 0. The number of carboxylic acids is 1. The molecule has 0 saturated heterocycles. The van der Waals surface area contributed by atoms with E-state index in [0.717, 1.165) is 0 Å². The number of nitrogens with one attached hydrogen (secondary N) is 1. The maximum Gasteiger partial charge on any atom is 0.322 e. The number of ether oxygens (including phenoxy) is 1. The van der Waals surface area contributed by atoms with E-state index in [1.165, 1.54) is 19.2 Å². The highest BCUT2D eigenvalue weighted by atomic mass is 79.9. The summed E-state index contributed by atoms with van der Waals surface area (Å²) in [5.74, 6) is -1.63. The number of sulfonamides is 1. The minimum Gasteiger partial charge on any atom is -0.494 e. The van der Waals surface area contributed by atoms with Gasteiger partial charge in [-0.05, 0) is 34.0 Å². The minimum absolute atomic E-state index is 0.0554. The third-order valence-electron chi connectivity index (χ3n) is 2.68. The molecule has 0 bridgehead atoms. The summed E-state index contributed by atoms with van der Waals surface area (Å²) in [6, 6.07) is 1.43. The van der Waals surface area contributed by atoms with Crippen molar-refractivity contribution in [3.05, 3.63) is 21.6 Å². The zero-order valence-corrected chi connectivity index (χ0v) is 14.7. The van der Waals surface area contributed by atoms with Crippen molar-refractivity contribution in [3.63, 3.8) is 0 Å². The Morgan fingerprint density at radius 3 is 2.43 bits per heavy atom. The first kappa shape index (κ1) is 18.2. The van der Waals surface area contributed by atoms with Crippen LogP contribution in [0.3, 0.4) is 0 Å². The minimum atomic E-state index is -4.11. The van der Waals surface area contributed by atoms with Crippen LogP contribution >= 0.6 is 27.5 Å². The van der Waals surface area contributed by atoms with Gasteiger partial charge in [-0.25, -0.2) is 8.42 Å². The highest BCUT2D eigenvalue weighted by Gasteiger charge is 2.30. The van der Waals surface area contributed by atoms with Crippen molar-refractivity contribution < 1.29 is 23.1 Å². The van der Waals surface area contributed by atoms with Gasteiger partial charge in [-0.15, -0.1) is 0 Å². The second kappa shape index (κ2) is 6.95. The van der Waals surface area contributed by atoms with E-state index in [9.17, 15) is 13.2 Å². The lowest BCUT2D eigenvalue weighted by molar-refractivity contribution is -0.140. The summed E-state index contributed by atoms with van der Waals surface area (Å²) in [6.07, 6.45) is 0. The fraction of sp³-hybridized carbons (Fsp3) is 0.417. The zero-order chi connectivity index (χ0) is 16.4. The predicted molar refractivity (Wildman–Crippen MR) is 82.3 cm³/mol. The Bertz CT molecular complexity index is 647. The van der Waals surface area contributed by atoms with Crippen LogP contribution in [-0.4, -0.2) is 32.6 Å². The molecule has 0 spiro atoms. The van der Waals surface area contributed by atoms with Crippen LogP contribution in [-0.2, 0) is 14.8 Å². The van der Waals surface area contributed by atoms with Gasteiger partial charge in [0.1, 0.15) is 10.9 Å². The Balaban J connectivity index is 3.34. The fourth-order valence-electron chi connectivity index (χ4n) is 1.64. The van der Waals surface area contributed by atoms with Crippen LogP contribution in [0, 0.1) is 5.92 Å². The molecule has 0 amide bonds. The number of benzene rings is 1. The van der Waals surface area contributed by atoms with Gasteiger partial charge in [0.05, 0.1) is 11.6 Å². The molecular formula is C12H15BrClNO5S. The second-order valence-electron chi connectivity index (χ2n) is 4.60. The molecule has 0 aliphatic carbocycles. The summed E-state index contributed by atoms with van der Waals surface area (Å²) in [7, 11) is -2.80. The number of methoxy groups -OCH3 is 1. The van der Waals surface area contributed by atoms with Crippen molar-refractivity contribution in [1.29, 1.82) is 0 Å². The van der Waals surface area contributed by atoms with E-state index in [1.807, 2.05) is 0 Å². The van der Waals surface area contributed by atoms with Crippen LogP contribution in [0.25, 0.3) is 0 Å². The number of halogens is 2. The Kier molecular flexibility index (Phi) is 6.03. The van der Waals surface area contributed by atoms with E-state index in [1.54, 1.807) is 13.8 Å². The molecule has 21 heavy (non-hydrogen) atoms. The Labute approximate surface area is 136 Å². The van der Waals surface area contributed by atoms with E-state index in [-0.39, 0.29) is 15.7 Å². The van der Waals surface area contributed by atoms with Gasteiger partial charge in [0.15, 0.2) is 5.75 Å². The largest absolute Gasteiger partial charge is 0.494 e. The lowest BCUT2D eigenvalue weighted by atomic mass is 10.1. The standard InChI is InChI=1S/C12H15BrClNO5S/c1-6(2)10(12(16)17)15-21(18,19)9-5-7(14)4-8(13)11(9)20-3/h4-6,10,15H,1-3H3,(H,16,17). The number of hydrogen-bond donors (Lipinski definition) is 2. The second-order valence-corrected chi connectivity index (χ2v) is 7.57. The van der Waals surface area contributed by atoms with E-state index < -0.39 is 28.0 Å². The highest BCUT2D eigenvalue weighted by molar-refractivity contribution is 9.10. The van der Waals surface area contributed by atoms with Crippen LogP contribution < -0.4 is 9.46 Å². The van der Waals surface area contributed by atoms with Crippen molar-refractivity contribution in [3.8, 4) is 5.75 Å². The van der Waals surface area contributed by atoms with Gasteiger partial charge >= 0.3 is 5.97 Å². The summed E-state index contributed by atoms with van der Waals surface area (Å²) in [6.45, 7) is 3.21. The quantitative estimate of drug-likeness (QED) is 0.765. The third kappa shape index (κ3) is 4.32. The van der Waals surface area contributed by atoms with Crippen molar-refractivity contribution in [2.75, 3.05) is 7.11 Å². The van der Waals surface area contributed by atoms with E-state index in [4.69, 9.17) is 21.4 Å². The fourth-order valence-corrected chi connectivity index (χ4v) is 4.36. The molecule has 2 N–H and O–H groups in total. The number of carboxylic acid groups (broad SMARTS) is 1. The summed E-state index contributed by atoms with van der Waals surface area (Å²) in [4.78, 5) is 10.9. The molecule has 1 aromatic rings. The number of aliphatic carboxylic acids is 1. The molecule has 0 aliphatic rings. The molecule has 0 fully saturated rings. The Morgan fingerprint density at radius 2 is 2.00 bits per heavy atom. The van der Waals surface area contributed by atoms with E-state index in [0.29, 0.717) is 4.47 Å². The van der Waals surface area contributed by atoms with Gasteiger partial charge in [-0.3, -0.25) is 4.79 Å². The zero-order valence-electron chi connectivity index (χ0n) is 11.6. The summed E-state index contributed by atoms with van der Waals surface area (Å²) >= 11 is 9.01. The highest BCUT2D eigenvalue weighted by Crippen LogP contribution is 2.35. The molecule has 1 rings (SSSR count). The molecule has 0 radical (unpaired) electrons. The van der Waals surface area contributed by atoms with Gasteiger partial charge in [-0.2, -0.15) is 4.72 Å². The van der Waals surface area contributed by atoms with Crippen LogP contribution in [0.5, 0.6) is 5.75 Å². The molecule has 1 aromatic carbocycles. The molecular weight excluding hydrogens is 386 g/mol. The maximum absolute atomic E-state index is 12.4. The van der Waals surface area contributed by atoms with Crippen molar-refractivity contribution in [2.24, 2.45) is 5.92 Å². The molecule has 0 aromatic heterocycles. The normalized spacial score (nSPS) is 13.2. The SMILES string of the molecule is COc1c(Br)cc(Cl)cc1S(=O)(=O)NC(C(=O)O)C(C)C. The molecule has 9 heteroatoms. The van der Waals surface area contributed by atoms with Crippen LogP contribution in [0.15, 0.2) is 21.5 Å². The summed E-state index contributed by atoms with van der Waals surface area (Å²) < 4.78 is 32.4. The van der Waals surface area contributed by atoms with Crippen LogP contribution in [0.1, 0.15) is 13.8 Å². The summed E-state index contributed by atoms with van der Waals surface area (Å²) in [5, 5.41) is 9.28. The van der Waals surface area contributed by atoms with Gasteiger partial charge in [0.25, 0.3) is 0 Å². The predicted octanol–water partition coefficient (Wildman–Crippen LogP) is 2.50. The topological polar surface area (TPSA) is 92.7 Å². The first-order valence-electron chi connectivity index (χ1n) is 5.88. The molecule has 6 nitrogen and oxygen atoms in total.